The number of carbonyl (C=O) groups excluding carboxylic acids is 1. The minimum atomic E-state index is -0.622. The molecule has 2 rings (SSSR count). The Kier molecular flexibility index (Phi) is 3.79. The van der Waals surface area contributed by atoms with Crippen LogP contribution in [0.25, 0.3) is 0 Å². The minimum Gasteiger partial charge on any atom is -0.299 e. The third kappa shape index (κ3) is 2.60. The maximum absolute atomic E-state index is 13.5. The number of Topliss-reactive ketones (excluding diaryl/α,β-unsaturated/α-hetero) is 1. The predicted molar refractivity (Wildman–Crippen MR) is 66.3 cm³/mol. The molecular formula is C15H18F2O. The van der Waals surface area contributed by atoms with Crippen molar-refractivity contribution in [1.82, 2.24) is 0 Å². The number of ketones is 1. The molecule has 18 heavy (non-hydrogen) atoms. The highest BCUT2D eigenvalue weighted by Crippen LogP contribution is 2.37. The van der Waals surface area contributed by atoms with E-state index >= 15 is 0 Å². The molecule has 0 saturated heterocycles. The molecule has 0 heterocycles. The molecule has 3 heteroatoms. The number of benzene rings is 1. The van der Waals surface area contributed by atoms with Gasteiger partial charge in [0.2, 0.25) is 0 Å². The topological polar surface area (TPSA) is 17.1 Å². The van der Waals surface area contributed by atoms with Crippen molar-refractivity contribution in [2.45, 2.75) is 45.4 Å². The van der Waals surface area contributed by atoms with E-state index in [1.165, 1.54) is 18.2 Å². The number of hydrogen-bond acceptors (Lipinski definition) is 1. The molecule has 0 aromatic heterocycles. The van der Waals surface area contributed by atoms with Crippen molar-refractivity contribution >= 4 is 5.78 Å². The van der Waals surface area contributed by atoms with Gasteiger partial charge in [-0.25, -0.2) is 8.78 Å². The lowest BCUT2D eigenvalue weighted by molar-refractivity contribution is -0.129. The fourth-order valence-electron chi connectivity index (χ4n) is 2.69. The number of carbonyl (C=O) groups is 1. The molecule has 0 radical (unpaired) electrons. The van der Waals surface area contributed by atoms with Gasteiger partial charge in [0, 0.05) is 17.4 Å². The van der Waals surface area contributed by atoms with Gasteiger partial charge in [0.1, 0.15) is 17.4 Å². The fraction of sp³-hybridized carbons (Fsp3) is 0.533. The van der Waals surface area contributed by atoms with E-state index in [1.54, 1.807) is 0 Å². The predicted octanol–water partition coefficient (Wildman–Crippen LogP) is 4.05. The van der Waals surface area contributed by atoms with Gasteiger partial charge in [0.25, 0.3) is 0 Å². The lowest BCUT2D eigenvalue weighted by atomic mass is 9.71. The van der Waals surface area contributed by atoms with Crippen LogP contribution in [-0.4, -0.2) is 5.78 Å². The quantitative estimate of drug-likeness (QED) is 0.793. The molecule has 1 aromatic carbocycles. The zero-order valence-corrected chi connectivity index (χ0v) is 10.6. The van der Waals surface area contributed by atoms with Crippen molar-refractivity contribution in [3.8, 4) is 0 Å². The molecule has 1 aliphatic carbocycles. The summed E-state index contributed by atoms with van der Waals surface area (Å²) >= 11 is 0. The lowest BCUT2D eigenvalue weighted by Gasteiger charge is -2.32. The van der Waals surface area contributed by atoms with Crippen molar-refractivity contribution < 1.29 is 13.6 Å². The monoisotopic (exact) mass is 252 g/mol. The molecule has 1 aliphatic rings. The van der Waals surface area contributed by atoms with Crippen LogP contribution in [0.4, 0.5) is 8.78 Å². The average molecular weight is 252 g/mol. The van der Waals surface area contributed by atoms with E-state index in [2.05, 4.69) is 0 Å². The summed E-state index contributed by atoms with van der Waals surface area (Å²) in [5.74, 6) is -1.28. The highest BCUT2D eigenvalue weighted by molar-refractivity contribution is 5.86. The van der Waals surface area contributed by atoms with Crippen molar-refractivity contribution in [3.63, 3.8) is 0 Å². The van der Waals surface area contributed by atoms with E-state index in [0.717, 1.165) is 32.1 Å². The molecule has 0 atom stereocenters. The Morgan fingerprint density at radius 2 is 1.72 bits per heavy atom. The van der Waals surface area contributed by atoms with Crippen LogP contribution in [0.5, 0.6) is 0 Å². The van der Waals surface area contributed by atoms with E-state index in [9.17, 15) is 13.6 Å². The molecule has 0 amide bonds. The molecule has 0 bridgehead atoms. The Hall–Kier alpha value is -1.25. The third-order valence-electron chi connectivity index (χ3n) is 4.03. The van der Waals surface area contributed by atoms with Crippen LogP contribution < -0.4 is 0 Å². The van der Waals surface area contributed by atoms with Gasteiger partial charge >= 0.3 is 0 Å². The van der Waals surface area contributed by atoms with Crippen LogP contribution >= 0.6 is 0 Å². The van der Waals surface area contributed by atoms with Gasteiger partial charge in [-0.2, -0.15) is 0 Å². The van der Waals surface area contributed by atoms with Gasteiger partial charge in [0.15, 0.2) is 0 Å². The van der Waals surface area contributed by atoms with E-state index in [-0.39, 0.29) is 17.8 Å². The average Bonchev–Trinajstić information content (AvgIpc) is 2.34. The summed E-state index contributed by atoms with van der Waals surface area (Å²) in [7, 11) is 0. The zero-order chi connectivity index (χ0) is 13.2. The highest BCUT2D eigenvalue weighted by Gasteiger charge is 2.34. The molecule has 0 N–H and O–H groups in total. The summed E-state index contributed by atoms with van der Waals surface area (Å²) in [4.78, 5) is 12.3. The van der Waals surface area contributed by atoms with Gasteiger partial charge in [-0.05, 0) is 25.0 Å². The molecule has 1 fully saturated rings. The first-order chi connectivity index (χ1) is 8.53. The Labute approximate surface area is 106 Å². The summed E-state index contributed by atoms with van der Waals surface area (Å²) in [5, 5.41) is 0. The Bertz CT molecular complexity index is 428. The van der Waals surface area contributed by atoms with Crippen LogP contribution in [0.1, 0.15) is 44.6 Å². The second-order valence-electron chi connectivity index (χ2n) is 5.42. The Morgan fingerprint density at radius 1 is 1.17 bits per heavy atom. The molecule has 1 aromatic rings. The van der Waals surface area contributed by atoms with Gasteiger partial charge in [-0.15, -0.1) is 0 Å². The summed E-state index contributed by atoms with van der Waals surface area (Å²) < 4.78 is 27.0. The SMILES string of the molecule is CC1(C(=O)Cc2c(F)cccc2F)CCCCC1. The second-order valence-corrected chi connectivity index (χ2v) is 5.42. The lowest BCUT2D eigenvalue weighted by Crippen LogP contribution is -2.32. The second kappa shape index (κ2) is 5.17. The van der Waals surface area contributed by atoms with Crippen molar-refractivity contribution in [3.05, 3.63) is 35.4 Å². The van der Waals surface area contributed by atoms with E-state index in [4.69, 9.17) is 0 Å². The highest BCUT2D eigenvalue weighted by atomic mass is 19.1. The van der Waals surface area contributed by atoms with Crippen molar-refractivity contribution in [2.75, 3.05) is 0 Å². The summed E-state index contributed by atoms with van der Waals surface area (Å²) in [6, 6.07) is 3.73. The Balaban J connectivity index is 2.16. The van der Waals surface area contributed by atoms with Gasteiger partial charge in [-0.1, -0.05) is 32.3 Å². The maximum atomic E-state index is 13.5. The van der Waals surface area contributed by atoms with Crippen molar-refractivity contribution in [2.24, 2.45) is 5.41 Å². The molecule has 0 spiro atoms. The molecule has 1 nitrogen and oxygen atoms in total. The molecule has 0 unspecified atom stereocenters. The number of hydrogen-bond donors (Lipinski definition) is 0. The molecule has 1 saturated carbocycles. The molecule has 0 aliphatic heterocycles. The summed E-state index contributed by atoms with van der Waals surface area (Å²) in [5.41, 5.74) is -0.484. The first kappa shape index (κ1) is 13.2. The van der Waals surface area contributed by atoms with Gasteiger partial charge < -0.3 is 0 Å². The van der Waals surface area contributed by atoms with Crippen LogP contribution in [0.3, 0.4) is 0 Å². The zero-order valence-electron chi connectivity index (χ0n) is 10.6. The fourth-order valence-corrected chi connectivity index (χ4v) is 2.69. The first-order valence-electron chi connectivity index (χ1n) is 6.49. The van der Waals surface area contributed by atoms with Gasteiger partial charge in [0.05, 0.1) is 0 Å². The van der Waals surface area contributed by atoms with Crippen LogP contribution in [0.2, 0.25) is 0 Å². The minimum absolute atomic E-state index is 0.0359. The van der Waals surface area contributed by atoms with Crippen LogP contribution in [0.15, 0.2) is 18.2 Å². The Morgan fingerprint density at radius 3 is 2.28 bits per heavy atom. The summed E-state index contributed by atoms with van der Waals surface area (Å²) in [6.07, 6.45) is 4.75. The van der Waals surface area contributed by atoms with Gasteiger partial charge in [-0.3, -0.25) is 4.79 Å². The largest absolute Gasteiger partial charge is 0.299 e. The standard InChI is InChI=1S/C15H18F2O/c1-15(8-3-2-4-9-15)14(18)10-11-12(16)6-5-7-13(11)17/h5-7H,2-4,8-10H2,1H3. The molecular weight excluding hydrogens is 234 g/mol. The molecule has 98 valence electrons. The smallest absolute Gasteiger partial charge is 0.143 e. The number of rotatable bonds is 3. The van der Waals surface area contributed by atoms with E-state index in [1.807, 2.05) is 6.92 Å². The summed E-state index contributed by atoms with van der Waals surface area (Å²) in [6.45, 7) is 1.92. The van der Waals surface area contributed by atoms with Crippen LogP contribution in [-0.2, 0) is 11.2 Å². The number of halogens is 2. The first-order valence-corrected chi connectivity index (χ1v) is 6.49. The van der Waals surface area contributed by atoms with E-state index in [0.29, 0.717) is 0 Å². The normalized spacial score (nSPS) is 18.6. The maximum Gasteiger partial charge on any atom is 0.143 e. The van der Waals surface area contributed by atoms with Crippen molar-refractivity contribution in [1.29, 1.82) is 0 Å². The van der Waals surface area contributed by atoms with Crippen LogP contribution in [0, 0.1) is 17.0 Å². The van der Waals surface area contributed by atoms with E-state index < -0.39 is 17.0 Å². The third-order valence-corrected chi connectivity index (χ3v) is 4.03.